The number of aliphatic hydroxyl groups excluding tert-OH is 1. The van der Waals surface area contributed by atoms with Crippen LogP contribution in [0.4, 0.5) is 65.9 Å². The molecule has 0 aliphatic heterocycles. The van der Waals surface area contributed by atoms with Crippen LogP contribution in [0.1, 0.15) is 161 Å². The number of aliphatic carboxylic acids is 1. The predicted molar refractivity (Wildman–Crippen MR) is 550 cm³/mol. The number of nitrogens with zero attached hydrogens (tertiary/aromatic N) is 10. The minimum atomic E-state index is -4.73. The molecule has 5 heterocycles. The number of aryl methyl sites for hydroxylation is 4. The molecule has 3 aliphatic rings. The molecule has 0 radical (unpaired) electrons. The van der Waals surface area contributed by atoms with Crippen LogP contribution in [-0.2, 0) is 53.7 Å². The van der Waals surface area contributed by atoms with E-state index in [1.165, 1.54) is 164 Å². The van der Waals surface area contributed by atoms with Gasteiger partial charge in [0.15, 0.2) is 29.1 Å². The van der Waals surface area contributed by atoms with E-state index in [-0.39, 0.29) is 102 Å². The van der Waals surface area contributed by atoms with Gasteiger partial charge in [0.05, 0.1) is 49.4 Å². The van der Waals surface area contributed by atoms with E-state index in [0.29, 0.717) is 121 Å². The van der Waals surface area contributed by atoms with Crippen molar-refractivity contribution in [1.29, 1.82) is 0 Å². The number of esters is 2. The molecule has 25 nitrogen and oxygen atoms in total. The van der Waals surface area contributed by atoms with Crippen LogP contribution in [0, 0.1) is 27.7 Å². The van der Waals surface area contributed by atoms with Gasteiger partial charge in [0.25, 0.3) is 0 Å². The highest BCUT2D eigenvalue weighted by Gasteiger charge is 2.48. The number of carboxylic acid groups (broad SMARTS) is 1. The summed E-state index contributed by atoms with van der Waals surface area (Å²) in [6.07, 6.45) is -14.2. The van der Waals surface area contributed by atoms with Gasteiger partial charge in [-0.1, -0.05) is 54.8 Å². The van der Waals surface area contributed by atoms with Gasteiger partial charge in [0.1, 0.15) is 71.0 Å². The lowest BCUT2D eigenvalue weighted by atomic mass is 10.0. The zero-order valence-electron chi connectivity index (χ0n) is 76.2. The van der Waals surface area contributed by atoms with Crippen LogP contribution in [0.25, 0.3) is 56.9 Å². The summed E-state index contributed by atoms with van der Waals surface area (Å²) in [5, 5.41) is 22.0. The van der Waals surface area contributed by atoms with Crippen LogP contribution in [0.2, 0.25) is 0 Å². The molecular formula is C98H105Cl4F15N10O15S7. The van der Waals surface area contributed by atoms with Gasteiger partial charge < -0.3 is 57.6 Å². The van der Waals surface area contributed by atoms with E-state index < -0.39 is 54.6 Å². The molecule has 8 aromatic carbocycles. The second-order valence-electron chi connectivity index (χ2n) is 30.8. The summed E-state index contributed by atoms with van der Waals surface area (Å²) in [7, 11) is 2.81. The Kier molecular flexibility index (Phi) is 51.1. The van der Waals surface area contributed by atoms with Gasteiger partial charge in [-0.05, 0) is 343 Å². The summed E-state index contributed by atoms with van der Waals surface area (Å²) in [6.45, 7) is 7.66. The van der Waals surface area contributed by atoms with Crippen LogP contribution < -0.4 is 37.9 Å². The highest BCUT2D eigenvalue weighted by atomic mass is 35.5. The number of carbonyl (C=O) groups is 3. The number of alkyl halides is 19. The topological polar surface area (TPSA) is 313 Å². The summed E-state index contributed by atoms with van der Waals surface area (Å²) >= 11 is 29.7. The minimum absolute atomic E-state index is 0. The van der Waals surface area contributed by atoms with Crippen molar-refractivity contribution in [1.82, 2.24) is 46.8 Å². The third-order valence-corrected chi connectivity index (χ3v) is 27.2. The summed E-state index contributed by atoms with van der Waals surface area (Å²) in [4.78, 5) is 59.2. The van der Waals surface area contributed by atoms with E-state index in [4.69, 9.17) is 75.2 Å². The van der Waals surface area contributed by atoms with Crippen molar-refractivity contribution < 1.29 is 138 Å². The molecule has 149 heavy (non-hydrogen) atoms. The average Bonchev–Trinajstić information content (AvgIpc) is 1.71. The first-order valence-electron chi connectivity index (χ1n) is 42.5. The Morgan fingerprint density at radius 2 is 0.570 bits per heavy atom. The lowest BCUT2D eigenvalue weighted by Gasteiger charge is -2.28. The maximum Gasteiger partial charge on any atom is 0.573 e. The van der Waals surface area contributed by atoms with E-state index in [9.17, 15) is 85.3 Å². The molecule has 0 spiro atoms. The maximum absolute atomic E-state index is 12.3. The number of carbonyl (C=O) groups excluding carboxylic acids is 2. The molecule has 0 bridgehead atoms. The second-order valence-corrected chi connectivity index (χ2v) is 38.5. The molecule has 16 rings (SSSR count). The number of aliphatic hydroxyl groups is 1. The Balaban J connectivity index is 0.000000318. The van der Waals surface area contributed by atoms with Crippen LogP contribution in [0.5, 0.6) is 46.0 Å². The highest BCUT2D eigenvalue weighted by Crippen LogP contribution is 2.43. The molecule has 51 heteroatoms. The Bertz CT molecular complexity index is 6050. The van der Waals surface area contributed by atoms with Gasteiger partial charge in [-0.3, -0.25) is 0 Å². The number of hydrogen-bond donors (Lipinski definition) is 2. The van der Waals surface area contributed by atoms with Gasteiger partial charge in [-0.2, -0.15) is 21.9 Å². The zero-order valence-corrected chi connectivity index (χ0v) is 84.9. The monoisotopic (exact) mass is 2310 g/mol. The summed E-state index contributed by atoms with van der Waals surface area (Å²) < 4.78 is 249. The Morgan fingerprint density at radius 3 is 0.792 bits per heavy atom. The average molecular weight is 2310 g/mol. The molecule has 3 fully saturated rings. The van der Waals surface area contributed by atoms with E-state index in [1.807, 2.05) is 70.2 Å². The van der Waals surface area contributed by atoms with Gasteiger partial charge in [0.2, 0.25) is 16.8 Å². The molecule has 3 aliphatic carbocycles. The molecule has 812 valence electrons. The Hall–Kier alpha value is -10.9. The molecule has 13 aromatic rings. The molecule has 0 atom stereocenters. The van der Waals surface area contributed by atoms with E-state index in [0.717, 1.165) is 128 Å². The first kappa shape index (κ1) is 129. The van der Waals surface area contributed by atoms with Crippen LogP contribution in [0.3, 0.4) is 0 Å². The van der Waals surface area contributed by atoms with Crippen LogP contribution in [-0.4, -0.2) is 143 Å². The number of aromatic nitrogens is 10. The van der Waals surface area contributed by atoms with Crippen molar-refractivity contribution in [2.24, 2.45) is 0 Å². The fourth-order valence-electron chi connectivity index (χ4n) is 13.9. The van der Waals surface area contributed by atoms with Crippen molar-refractivity contribution in [2.75, 3.05) is 19.6 Å². The van der Waals surface area contributed by atoms with Crippen molar-refractivity contribution >= 4 is 145 Å². The van der Waals surface area contributed by atoms with Gasteiger partial charge >= 0.3 is 49.7 Å². The molecule has 0 saturated heterocycles. The number of carboxylic acids is 1. The first-order chi connectivity index (χ1) is 68.2. The lowest BCUT2D eigenvalue weighted by molar-refractivity contribution is -0.275. The number of thioether (sulfide) groups is 2. The lowest BCUT2D eigenvalue weighted by Crippen LogP contribution is -2.42. The molecule has 3 saturated carbocycles. The predicted octanol–water partition coefficient (Wildman–Crippen LogP) is 31.1. The summed E-state index contributed by atoms with van der Waals surface area (Å²) in [6, 6.07) is 44.2. The standard InChI is InChI=1S/C24H23F3N2O4S2.C23H21F3N2O4S2.C15H20O3.2C10H6ClF3N2OS.C10H7F3N2O2S.CH2Cl2.5CH4/c1-15-13-18(9-10-19(15)33-23(22(30)31-2)11-3-4-12-23)34-14-20-28-21(29-35-20)16-5-7-17(8-6-16)32-24(25,26)27;1-14-12-17(8-9-18(14)32-22(21(29)30)10-2-3-11-22)33-13-19-27-20(28-34-19)15-4-6-16(7-5-15)31-23(24,25)26;1-11-6-7-13(12(2)10-11)18-15(14(16)17-3)8-4-5-9-15;2*11-5-8-15-9(16-18-8)6-1-3-7(4-2-6)17-10(12,13)14;11-10(12,13)17-7-3-1-6(2-4-7)9-14-8(5-16)18-15-9;2-1-3;;;;;/h5-10,13H,3-4,11-12,14H2,1-2H3;4-9,12H,2-3,10-11,13H2,1H3,(H,29,30);6-7,10H,4-5,8-9H2,1-3H3;2*1-4H,5H2;1-4,16H,5H2;1H2;5*1H4. The number of ether oxygens (including phenoxy) is 10. The number of hydrogen-bond acceptors (Lipinski definition) is 31. The summed E-state index contributed by atoms with van der Waals surface area (Å²) in [5.74, 6) is 2.86. The SMILES string of the molecule is C.C.C.C.C.COC(=O)C1(Oc2ccc(C)cc2C)CCCC1.COC(=O)C1(Oc2ccc(SCc3nc(-c4ccc(OC(F)(F)F)cc4)ns3)cc2C)CCCC1.Cc1cc(SCc2nc(-c3ccc(OC(F)(F)F)cc3)ns2)ccc1OC1(C(=O)O)CCCC1.ClCCl.FC(F)(F)Oc1ccc(-c2nsc(CCl)n2)cc1.FC(F)(F)Oc1ccc(-c2nsc(CCl)n2)cc1.OCc1nc(-c2ccc(OC(F)(F)F)cc2)ns1. The van der Waals surface area contributed by atoms with Crippen LogP contribution in [0.15, 0.2) is 186 Å². The van der Waals surface area contributed by atoms with Crippen molar-refractivity contribution in [2.45, 2.75) is 230 Å². The summed E-state index contributed by atoms with van der Waals surface area (Å²) in [5.41, 5.74) is 4.19. The number of halogens is 19. The van der Waals surface area contributed by atoms with Gasteiger partial charge in [-0.25, -0.2) is 39.3 Å². The van der Waals surface area contributed by atoms with Crippen molar-refractivity contribution in [3.8, 4) is 103 Å². The van der Waals surface area contributed by atoms with Gasteiger partial charge in [-0.15, -0.1) is 136 Å². The zero-order chi connectivity index (χ0) is 105. The molecule has 2 N–H and O–H groups in total. The fourth-order valence-corrected chi connectivity index (χ4v) is 19.2. The second kappa shape index (κ2) is 59.2. The van der Waals surface area contributed by atoms with Gasteiger partial charge in [0, 0.05) is 37.6 Å². The molecule has 0 amide bonds. The van der Waals surface area contributed by atoms with Crippen LogP contribution >= 0.6 is 128 Å². The fraction of sp³-hybridized carbons (Fsp3) is 0.378. The largest absolute Gasteiger partial charge is 0.573 e. The molecule has 5 aromatic heterocycles. The smallest absolute Gasteiger partial charge is 0.478 e. The number of methoxy groups -OCH3 is 2. The van der Waals surface area contributed by atoms with Crippen molar-refractivity contribution in [3.63, 3.8) is 0 Å². The third-order valence-electron chi connectivity index (χ3n) is 20.4. The normalized spacial score (nSPS) is 13.5. The number of rotatable bonds is 28. The van der Waals surface area contributed by atoms with E-state index >= 15 is 0 Å². The third kappa shape index (κ3) is 40.7. The Labute approximate surface area is 899 Å². The highest BCUT2D eigenvalue weighted by molar-refractivity contribution is 7.98. The quantitative estimate of drug-likeness (QED) is 0.0199. The molecular weight excluding hydrogens is 2210 g/mol. The number of benzene rings is 8. The Morgan fingerprint density at radius 1 is 0.342 bits per heavy atom. The molecule has 0 unspecified atom stereocenters. The van der Waals surface area contributed by atoms with E-state index in [1.54, 1.807) is 29.6 Å². The maximum atomic E-state index is 12.3. The first-order valence-corrected chi connectivity index (χ1v) is 50.5. The van der Waals surface area contributed by atoms with E-state index in [2.05, 4.69) is 76.5 Å². The van der Waals surface area contributed by atoms with Crippen molar-refractivity contribution in [3.05, 3.63) is 223 Å². The minimum Gasteiger partial charge on any atom is -0.478 e.